The summed E-state index contributed by atoms with van der Waals surface area (Å²) in [6, 6.07) is 6.73. The van der Waals surface area contributed by atoms with E-state index < -0.39 is 0 Å². The van der Waals surface area contributed by atoms with E-state index in [9.17, 15) is 4.79 Å². The third-order valence-electron chi connectivity index (χ3n) is 4.57. The van der Waals surface area contributed by atoms with Gasteiger partial charge in [0.15, 0.2) is 5.13 Å². The third kappa shape index (κ3) is 3.17. The van der Waals surface area contributed by atoms with Crippen molar-refractivity contribution in [2.45, 2.75) is 44.7 Å². The maximum atomic E-state index is 11.6. The van der Waals surface area contributed by atoms with Gasteiger partial charge in [-0.25, -0.2) is 4.98 Å². The summed E-state index contributed by atoms with van der Waals surface area (Å²) in [6.07, 6.45) is 6.53. The van der Waals surface area contributed by atoms with Crippen molar-refractivity contribution in [1.29, 1.82) is 0 Å². The molecule has 126 valence electrons. The Bertz CT molecular complexity index is 896. The molecule has 0 radical (unpaired) electrons. The molecule has 0 amide bonds. The summed E-state index contributed by atoms with van der Waals surface area (Å²) >= 11 is 1.71. The summed E-state index contributed by atoms with van der Waals surface area (Å²) in [6.45, 7) is 2.08. The zero-order chi connectivity index (χ0) is 16.5. The lowest BCUT2D eigenvalue weighted by atomic mass is 9.91. The molecule has 0 aliphatic heterocycles. The first-order valence-corrected chi connectivity index (χ1v) is 9.15. The molecular weight excluding hydrogens is 322 g/mol. The van der Waals surface area contributed by atoms with Crippen LogP contribution in [-0.4, -0.2) is 27.3 Å². The molecule has 2 unspecified atom stereocenters. The van der Waals surface area contributed by atoms with Crippen LogP contribution in [0.3, 0.4) is 0 Å². The number of hydrogen-bond donors (Lipinski definition) is 4. The Morgan fingerprint density at radius 1 is 1.21 bits per heavy atom. The van der Waals surface area contributed by atoms with E-state index in [1.165, 1.54) is 17.7 Å². The van der Waals surface area contributed by atoms with Gasteiger partial charge in [0.25, 0.3) is 5.56 Å². The minimum Gasteiger partial charge on any atom is -0.382 e. The Hall–Kier alpha value is -2.28. The Morgan fingerprint density at radius 2 is 2.04 bits per heavy atom. The Morgan fingerprint density at radius 3 is 2.83 bits per heavy atom. The summed E-state index contributed by atoms with van der Waals surface area (Å²) in [4.78, 5) is 17.2. The Labute approximate surface area is 143 Å². The van der Waals surface area contributed by atoms with Crippen molar-refractivity contribution in [2.24, 2.45) is 0 Å². The van der Waals surface area contributed by atoms with Gasteiger partial charge in [-0.15, -0.1) is 11.3 Å². The molecule has 6 nitrogen and oxygen atoms in total. The fraction of sp³-hybridized carbons (Fsp3) is 0.412. The molecule has 3 aromatic rings. The van der Waals surface area contributed by atoms with Crippen LogP contribution in [0.25, 0.3) is 10.9 Å². The van der Waals surface area contributed by atoms with Crippen LogP contribution in [0.4, 0.5) is 10.8 Å². The molecule has 0 spiro atoms. The van der Waals surface area contributed by atoms with E-state index in [-0.39, 0.29) is 5.56 Å². The molecule has 1 fully saturated rings. The smallest absolute Gasteiger partial charge is 0.271 e. The molecule has 0 bridgehead atoms. The zero-order valence-corrected chi connectivity index (χ0v) is 14.4. The van der Waals surface area contributed by atoms with Gasteiger partial charge in [0.2, 0.25) is 0 Å². The summed E-state index contributed by atoms with van der Waals surface area (Å²) in [7, 11) is 0. The lowest BCUT2D eigenvalue weighted by Gasteiger charge is -2.31. The minimum absolute atomic E-state index is 0.0720. The van der Waals surface area contributed by atoms with Crippen LogP contribution in [0.1, 0.15) is 30.6 Å². The molecule has 1 aliphatic rings. The molecule has 1 saturated carbocycles. The van der Waals surface area contributed by atoms with Crippen molar-refractivity contribution in [2.75, 3.05) is 10.6 Å². The summed E-state index contributed by atoms with van der Waals surface area (Å²) < 4.78 is 0. The van der Waals surface area contributed by atoms with Crippen LogP contribution in [-0.2, 0) is 0 Å². The molecule has 7 heteroatoms. The molecular formula is C17H21N5OS. The average Bonchev–Trinajstić information content (AvgIpc) is 3.14. The number of anilines is 2. The van der Waals surface area contributed by atoms with Gasteiger partial charge in [-0.2, -0.15) is 0 Å². The molecule has 1 aromatic carbocycles. The standard InChI is InChI=1S/C17H21N5OS/c1-10-9-18-17(24-10)20-12-4-2-3-11(7-12)19-13-5-6-14-15(8-13)21-22-16(14)23/h5-6,8-9,11-12,19H,2-4,7H2,1H3,(H,18,20)(H2,21,22,23). The lowest BCUT2D eigenvalue weighted by molar-refractivity contribution is 0.428. The predicted molar refractivity (Wildman–Crippen MR) is 99.1 cm³/mol. The second-order valence-corrected chi connectivity index (χ2v) is 7.70. The van der Waals surface area contributed by atoms with Crippen LogP contribution in [0, 0.1) is 6.92 Å². The highest BCUT2D eigenvalue weighted by Crippen LogP contribution is 2.27. The van der Waals surface area contributed by atoms with E-state index in [4.69, 9.17) is 0 Å². The van der Waals surface area contributed by atoms with Crippen molar-refractivity contribution < 1.29 is 0 Å². The lowest BCUT2D eigenvalue weighted by Crippen LogP contribution is -2.34. The SMILES string of the molecule is Cc1cnc(NC2CCCC(Nc3ccc4c(=O)[nH][nH]c4c3)C2)s1. The van der Waals surface area contributed by atoms with Crippen molar-refractivity contribution in [1.82, 2.24) is 15.2 Å². The van der Waals surface area contributed by atoms with E-state index in [0.29, 0.717) is 17.5 Å². The topological polar surface area (TPSA) is 85.6 Å². The zero-order valence-electron chi connectivity index (χ0n) is 13.6. The van der Waals surface area contributed by atoms with Crippen LogP contribution < -0.4 is 16.2 Å². The summed E-state index contributed by atoms with van der Waals surface area (Å²) in [5, 5.41) is 14.4. The van der Waals surface area contributed by atoms with E-state index in [2.05, 4.69) is 32.7 Å². The van der Waals surface area contributed by atoms with Gasteiger partial charge < -0.3 is 10.6 Å². The van der Waals surface area contributed by atoms with E-state index in [1.807, 2.05) is 24.4 Å². The van der Waals surface area contributed by atoms with Gasteiger partial charge in [-0.3, -0.25) is 15.0 Å². The number of H-pyrrole nitrogens is 2. The van der Waals surface area contributed by atoms with Crippen molar-refractivity contribution in [3.8, 4) is 0 Å². The molecule has 0 saturated heterocycles. The maximum absolute atomic E-state index is 11.6. The van der Waals surface area contributed by atoms with Gasteiger partial charge in [0.1, 0.15) is 0 Å². The van der Waals surface area contributed by atoms with Gasteiger partial charge in [0.05, 0.1) is 10.9 Å². The van der Waals surface area contributed by atoms with Gasteiger partial charge in [-0.05, 0) is 50.8 Å². The molecule has 1 aliphatic carbocycles. The highest BCUT2D eigenvalue weighted by atomic mass is 32.1. The number of hydrogen-bond acceptors (Lipinski definition) is 5. The minimum atomic E-state index is -0.0720. The molecule has 2 atom stereocenters. The van der Waals surface area contributed by atoms with Crippen LogP contribution in [0.2, 0.25) is 0 Å². The number of rotatable bonds is 4. The van der Waals surface area contributed by atoms with Crippen molar-refractivity contribution >= 4 is 33.1 Å². The fourth-order valence-electron chi connectivity index (χ4n) is 3.41. The van der Waals surface area contributed by atoms with Crippen molar-refractivity contribution in [3.05, 3.63) is 39.6 Å². The first kappa shape index (κ1) is 15.3. The van der Waals surface area contributed by atoms with Crippen LogP contribution in [0.15, 0.2) is 29.2 Å². The monoisotopic (exact) mass is 343 g/mol. The molecule has 4 N–H and O–H groups in total. The van der Waals surface area contributed by atoms with E-state index in [1.54, 1.807) is 11.3 Å². The summed E-state index contributed by atoms with van der Waals surface area (Å²) in [5.41, 5.74) is 1.82. The first-order chi connectivity index (χ1) is 11.7. The quantitative estimate of drug-likeness (QED) is 0.584. The number of benzene rings is 1. The third-order valence-corrected chi connectivity index (χ3v) is 5.41. The molecule has 2 heterocycles. The van der Waals surface area contributed by atoms with Crippen LogP contribution >= 0.6 is 11.3 Å². The largest absolute Gasteiger partial charge is 0.382 e. The second-order valence-electron chi connectivity index (χ2n) is 6.46. The number of aromatic nitrogens is 3. The van der Waals surface area contributed by atoms with E-state index >= 15 is 0 Å². The number of thiazole rings is 1. The number of aromatic amines is 2. The van der Waals surface area contributed by atoms with Gasteiger partial charge in [0, 0.05) is 28.8 Å². The second kappa shape index (κ2) is 6.32. The number of aryl methyl sites for hydroxylation is 1. The average molecular weight is 343 g/mol. The number of fused-ring (bicyclic) bond motifs is 1. The molecule has 24 heavy (non-hydrogen) atoms. The van der Waals surface area contributed by atoms with Crippen molar-refractivity contribution in [3.63, 3.8) is 0 Å². The molecule has 2 aromatic heterocycles. The molecule has 4 rings (SSSR count). The normalized spacial score (nSPS) is 21.0. The predicted octanol–water partition coefficient (Wildman–Crippen LogP) is 3.46. The fourth-order valence-corrected chi connectivity index (χ4v) is 4.15. The van der Waals surface area contributed by atoms with Crippen LogP contribution in [0.5, 0.6) is 0 Å². The Kier molecular flexibility index (Phi) is 4.02. The number of nitrogens with one attached hydrogen (secondary N) is 4. The number of nitrogens with zero attached hydrogens (tertiary/aromatic N) is 1. The maximum Gasteiger partial charge on any atom is 0.271 e. The van der Waals surface area contributed by atoms with Gasteiger partial charge >= 0.3 is 0 Å². The summed E-state index contributed by atoms with van der Waals surface area (Å²) in [5.74, 6) is 0. The Balaban J connectivity index is 1.42. The highest BCUT2D eigenvalue weighted by molar-refractivity contribution is 7.15. The highest BCUT2D eigenvalue weighted by Gasteiger charge is 2.22. The van der Waals surface area contributed by atoms with Gasteiger partial charge in [-0.1, -0.05) is 0 Å². The first-order valence-electron chi connectivity index (χ1n) is 8.33. The van der Waals surface area contributed by atoms with E-state index in [0.717, 1.165) is 29.2 Å².